The summed E-state index contributed by atoms with van der Waals surface area (Å²) in [6.45, 7) is 3.60. The Morgan fingerprint density at radius 2 is 1.97 bits per heavy atom. The van der Waals surface area contributed by atoms with E-state index in [2.05, 4.69) is 4.98 Å². The monoisotopic (exact) mass is 457 g/mol. The Balaban J connectivity index is 1.57. The molecule has 0 saturated carbocycles. The van der Waals surface area contributed by atoms with Gasteiger partial charge in [0, 0.05) is 32.1 Å². The molecule has 1 fully saturated rings. The van der Waals surface area contributed by atoms with Crippen molar-refractivity contribution in [1.82, 2.24) is 14.8 Å². The summed E-state index contributed by atoms with van der Waals surface area (Å²) in [6.07, 6.45) is 4.82. The third kappa shape index (κ3) is 5.13. The van der Waals surface area contributed by atoms with Gasteiger partial charge < -0.3 is 19.3 Å². The van der Waals surface area contributed by atoms with Crippen LogP contribution in [0.2, 0.25) is 0 Å². The third-order valence-electron chi connectivity index (χ3n) is 6.62. The number of rotatable bonds is 3. The summed E-state index contributed by atoms with van der Waals surface area (Å²) in [5, 5.41) is 1.79. The van der Waals surface area contributed by atoms with Gasteiger partial charge in [-0.15, -0.1) is 11.3 Å². The van der Waals surface area contributed by atoms with Crippen LogP contribution in [0.25, 0.3) is 0 Å². The van der Waals surface area contributed by atoms with E-state index in [0.717, 1.165) is 45.2 Å². The number of hydrogen-bond acceptors (Lipinski definition) is 6. The van der Waals surface area contributed by atoms with Crippen LogP contribution in [0, 0.1) is 5.41 Å². The number of nitrogens with zero attached hydrogens (tertiary/aromatic N) is 3. The van der Waals surface area contributed by atoms with Gasteiger partial charge in [0.25, 0.3) is 11.8 Å². The quantitative estimate of drug-likeness (QED) is 0.703. The maximum Gasteiger partial charge on any atom is 0.273 e. The van der Waals surface area contributed by atoms with Gasteiger partial charge in [-0.05, 0) is 43.2 Å². The number of amides is 2. The maximum absolute atomic E-state index is 13.3. The zero-order chi connectivity index (χ0) is 22.4. The molecular formula is C24H31N3O4S. The molecule has 8 heteroatoms. The van der Waals surface area contributed by atoms with Gasteiger partial charge in [0.05, 0.1) is 24.2 Å². The van der Waals surface area contributed by atoms with E-state index >= 15 is 0 Å². The van der Waals surface area contributed by atoms with Gasteiger partial charge in [-0.3, -0.25) is 9.59 Å². The maximum atomic E-state index is 13.3. The average molecular weight is 458 g/mol. The van der Waals surface area contributed by atoms with Crippen molar-refractivity contribution in [3.63, 3.8) is 0 Å². The van der Waals surface area contributed by atoms with Gasteiger partial charge in [0.2, 0.25) is 0 Å². The smallest absolute Gasteiger partial charge is 0.273 e. The average Bonchev–Trinajstić information content (AvgIpc) is 3.35. The number of methoxy groups -OCH3 is 1. The molecule has 1 aromatic heterocycles. The Labute approximate surface area is 193 Å². The van der Waals surface area contributed by atoms with Crippen molar-refractivity contribution < 1.29 is 19.1 Å². The molecule has 7 nitrogen and oxygen atoms in total. The third-order valence-corrected chi connectivity index (χ3v) is 7.21. The molecule has 0 atom stereocenters. The van der Waals surface area contributed by atoms with Crippen molar-refractivity contribution in [3.8, 4) is 5.75 Å². The number of piperidine rings is 1. The number of thiazole rings is 1. The van der Waals surface area contributed by atoms with E-state index in [1.807, 2.05) is 34.1 Å². The van der Waals surface area contributed by atoms with E-state index in [1.54, 1.807) is 18.0 Å². The van der Waals surface area contributed by atoms with Gasteiger partial charge in [-0.1, -0.05) is 18.6 Å². The molecule has 2 bridgehead atoms. The lowest BCUT2D eigenvalue weighted by Gasteiger charge is -2.41. The van der Waals surface area contributed by atoms with E-state index < -0.39 is 0 Å². The molecule has 32 heavy (non-hydrogen) atoms. The van der Waals surface area contributed by atoms with Crippen molar-refractivity contribution in [2.24, 2.45) is 5.41 Å². The molecule has 0 unspecified atom stereocenters. The van der Waals surface area contributed by atoms with Crippen LogP contribution >= 0.6 is 11.3 Å². The van der Waals surface area contributed by atoms with Crippen molar-refractivity contribution in [2.75, 3.05) is 46.5 Å². The Morgan fingerprint density at radius 3 is 2.72 bits per heavy atom. The van der Waals surface area contributed by atoms with Gasteiger partial charge in [0.15, 0.2) is 0 Å². The van der Waals surface area contributed by atoms with Gasteiger partial charge in [0.1, 0.15) is 18.1 Å². The summed E-state index contributed by atoms with van der Waals surface area (Å²) < 4.78 is 11.6. The van der Waals surface area contributed by atoms with Crippen LogP contribution in [0.15, 0.2) is 35.2 Å². The second-order valence-electron chi connectivity index (χ2n) is 8.69. The molecule has 2 aromatic rings. The first-order chi connectivity index (χ1) is 15.6. The van der Waals surface area contributed by atoms with Crippen molar-refractivity contribution >= 4 is 23.2 Å². The lowest BCUT2D eigenvalue weighted by molar-refractivity contribution is 0.0136. The largest absolute Gasteiger partial charge is 0.491 e. The van der Waals surface area contributed by atoms with E-state index in [9.17, 15) is 9.59 Å². The predicted molar refractivity (Wildman–Crippen MR) is 123 cm³/mol. The van der Waals surface area contributed by atoms with Crippen LogP contribution < -0.4 is 4.74 Å². The highest BCUT2D eigenvalue weighted by Crippen LogP contribution is 2.38. The lowest BCUT2D eigenvalue weighted by atomic mass is 9.75. The van der Waals surface area contributed by atoms with Crippen LogP contribution in [0.3, 0.4) is 0 Å². The normalized spacial score (nSPS) is 19.6. The second kappa shape index (κ2) is 10.4. The van der Waals surface area contributed by atoms with Crippen molar-refractivity contribution in [1.29, 1.82) is 0 Å². The fraction of sp³-hybridized carbons (Fsp3) is 0.542. The topological polar surface area (TPSA) is 72.0 Å². The number of ether oxygens (including phenoxy) is 2. The number of fused-ring (bicyclic) bond motifs is 9. The highest BCUT2D eigenvalue weighted by atomic mass is 32.1. The summed E-state index contributed by atoms with van der Waals surface area (Å²) in [6, 6.07) is 7.39. The summed E-state index contributed by atoms with van der Waals surface area (Å²) in [5.74, 6) is 0.515. The molecule has 0 N–H and O–H groups in total. The number of aromatic nitrogens is 1. The Bertz CT molecular complexity index is 910. The standard InChI is InChI=1S/C24H31N3O4S/c1-30-17-24-8-4-5-11-26(23(29)20-16-32-18-25-20)14-15-31-21-7-3-2-6-19(21)22(28)27(12-9-24)13-10-24/h2-3,6-7,16,18H,4-5,8-15,17H2,1H3. The molecule has 1 saturated heterocycles. The Hall–Kier alpha value is -2.45. The minimum absolute atomic E-state index is 0.0110. The molecule has 5 rings (SSSR count). The molecule has 4 heterocycles. The first kappa shape index (κ1) is 22.7. The molecular weight excluding hydrogens is 426 g/mol. The highest BCUT2D eigenvalue weighted by Gasteiger charge is 2.36. The second-order valence-corrected chi connectivity index (χ2v) is 9.41. The van der Waals surface area contributed by atoms with Gasteiger partial charge >= 0.3 is 0 Å². The number of hydrogen-bond donors (Lipinski definition) is 0. The van der Waals surface area contributed by atoms with E-state index in [0.29, 0.717) is 43.3 Å². The zero-order valence-electron chi connectivity index (χ0n) is 18.6. The molecule has 0 spiro atoms. The van der Waals surface area contributed by atoms with Crippen LogP contribution in [-0.4, -0.2) is 73.1 Å². The lowest BCUT2D eigenvalue weighted by Crippen LogP contribution is -2.45. The molecule has 3 aliphatic rings. The van der Waals surface area contributed by atoms with Crippen LogP contribution in [0.5, 0.6) is 5.75 Å². The van der Waals surface area contributed by atoms with Crippen LogP contribution in [0.1, 0.15) is 53.0 Å². The minimum Gasteiger partial charge on any atom is -0.491 e. The van der Waals surface area contributed by atoms with E-state index in [1.165, 1.54) is 11.3 Å². The van der Waals surface area contributed by atoms with Crippen molar-refractivity contribution in [2.45, 2.75) is 32.1 Å². The molecule has 3 aliphatic heterocycles. The molecule has 172 valence electrons. The van der Waals surface area contributed by atoms with Gasteiger partial charge in [-0.2, -0.15) is 0 Å². The van der Waals surface area contributed by atoms with Gasteiger partial charge in [-0.25, -0.2) is 4.98 Å². The zero-order valence-corrected chi connectivity index (χ0v) is 19.4. The molecule has 1 aromatic carbocycles. The number of benzene rings is 1. The summed E-state index contributed by atoms with van der Waals surface area (Å²) in [5.41, 5.74) is 2.83. The molecule has 0 aliphatic carbocycles. The summed E-state index contributed by atoms with van der Waals surface area (Å²) in [4.78, 5) is 34.2. The fourth-order valence-electron chi connectivity index (χ4n) is 4.76. The number of para-hydroxylation sites is 1. The Morgan fingerprint density at radius 1 is 1.16 bits per heavy atom. The molecule has 0 radical (unpaired) electrons. The predicted octanol–water partition coefficient (Wildman–Crippen LogP) is 3.72. The minimum atomic E-state index is -0.0674. The van der Waals surface area contributed by atoms with Crippen molar-refractivity contribution in [3.05, 3.63) is 46.4 Å². The molecule has 2 amide bonds. The summed E-state index contributed by atoms with van der Waals surface area (Å²) in [7, 11) is 1.75. The number of carbonyl (C=O) groups is 2. The Kier molecular flexibility index (Phi) is 7.42. The van der Waals surface area contributed by atoms with Crippen LogP contribution in [-0.2, 0) is 4.74 Å². The SMILES string of the molecule is COCC12CCCCN(C(=O)c3cscn3)CCOc3ccccc3C(=O)N(CC1)CC2. The summed E-state index contributed by atoms with van der Waals surface area (Å²) >= 11 is 1.42. The van der Waals surface area contributed by atoms with E-state index in [4.69, 9.17) is 9.47 Å². The first-order valence-corrected chi connectivity index (χ1v) is 12.2. The number of carbonyl (C=O) groups excluding carboxylic acids is 2. The van der Waals surface area contributed by atoms with E-state index in [-0.39, 0.29) is 17.2 Å². The fourth-order valence-corrected chi connectivity index (χ4v) is 5.29. The highest BCUT2D eigenvalue weighted by molar-refractivity contribution is 7.07. The van der Waals surface area contributed by atoms with Crippen LogP contribution in [0.4, 0.5) is 0 Å². The first-order valence-electron chi connectivity index (χ1n) is 11.3.